The van der Waals surface area contributed by atoms with Gasteiger partial charge in [-0.2, -0.15) is 0 Å². The molecule has 4 rings (SSSR count). The minimum atomic E-state index is -0.960. The second-order valence-corrected chi connectivity index (χ2v) is 10.6. The quantitative estimate of drug-likeness (QED) is 0.398. The van der Waals surface area contributed by atoms with Gasteiger partial charge in [0, 0.05) is 58.0 Å². The summed E-state index contributed by atoms with van der Waals surface area (Å²) in [6, 6.07) is 4.89. The number of nitrogens with zero attached hydrogens (tertiary/aromatic N) is 4. The summed E-state index contributed by atoms with van der Waals surface area (Å²) in [4.78, 5) is 61.6. The molecular formula is C28H40N4O7. The number of likely N-dealkylation sites (tertiary alicyclic amines) is 1. The van der Waals surface area contributed by atoms with Crippen LogP contribution in [-0.4, -0.2) is 108 Å². The number of hydrogen-bond donors (Lipinski definition) is 1. The summed E-state index contributed by atoms with van der Waals surface area (Å²) in [5, 5.41) is 11.8. The minimum absolute atomic E-state index is 0.00942. The molecule has 0 bridgehead atoms. The summed E-state index contributed by atoms with van der Waals surface area (Å²) in [5.74, 6) is -1.81. The van der Waals surface area contributed by atoms with Gasteiger partial charge in [-0.1, -0.05) is 26.0 Å². The van der Waals surface area contributed by atoms with Crippen molar-refractivity contribution in [2.45, 2.75) is 57.9 Å². The van der Waals surface area contributed by atoms with Gasteiger partial charge in [-0.05, 0) is 36.5 Å². The summed E-state index contributed by atoms with van der Waals surface area (Å²) in [5.41, 5.74) is 1.95. The zero-order chi connectivity index (χ0) is 28.1. The highest BCUT2D eigenvalue weighted by Gasteiger charge is 2.48. The number of carboxylic acid groups (broad SMARTS) is 1. The molecule has 1 aromatic carbocycles. The van der Waals surface area contributed by atoms with E-state index in [2.05, 4.69) is 0 Å². The van der Waals surface area contributed by atoms with Crippen LogP contribution < -0.4 is 4.74 Å². The van der Waals surface area contributed by atoms with E-state index in [1.54, 1.807) is 7.05 Å². The maximum atomic E-state index is 13.3. The molecular weight excluding hydrogens is 504 g/mol. The van der Waals surface area contributed by atoms with Crippen LogP contribution in [0.2, 0.25) is 0 Å². The molecule has 0 spiro atoms. The predicted molar refractivity (Wildman–Crippen MR) is 142 cm³/mol. The Morgan fingerprint density at radius 2 is 1.97 bits per heavy atom. The fraction of sp³-hybridized carbons (Fsp3) is 0.643. The highest BCUT2D eigenvalue weighted by molar-refractivity contribution is 5.96. The van der Waals surface area contributed by atoms with Crippen LogP contribution in [-0.2, 0) is 25.6 Å². The molecule has 39 heavy (non-hydrogen) atoms. The Labute approximate surface area is 229 Å². The zero-order valence-corrected chi connectivity index (χ0v) is 23.1. The van der Waals surface area contributed by atoms with Gasteiger partial charge in [0.1, 0.15) is 5.75 Å². The Hall–Kier alpha value is -3.18. The number of urea groups is 1. The first kappa shape index (κ1) is 28.8. The number of hydrogen-bond acceptors (Lipinski definition) is 7. The lowest BCUT2D eigenvalue weighted by molar-refractivity contribution is -0.188. The van der Waals surface area contributed by atoms with Crippen LogP contribution in [0.4, 0.5) is 4.79 Å². The van der Waals surface area contributed by atoms with Gasteiger partial charge in [-0.25, -0.2) is 9.86 Å². The third kappa shape index (κ3) is 6.36. The van der Waals surface area contributed by atoms with Crippen LogP contribution in [0, 0.1) is 5.92 Å². The molecule has 0 aliphatic carbocycles. The second kappa shape index (κ2) is 12.8. The third-order valence-corrected chi connectivity index (χ3v) is 7.84. The second-order valence-electron chi connectivity index (χ2n) is 10.6. The summed E-state index contributed by atoms with van der Waals surface area (Å²) >= 11 is 0. The van der Waals surface area contributed by atoms with Gasteiger partial charge < -0.3 is 14.7 Å². The fourth-order valence-corrected chi connectivity index (χ4v) is 5.83. The number of rotatable bonds is 12. The smallest absolute Gasteiger partial charge is 0.326 e. The maximum Gasteiger partial charge on any atom is 0.326 e. The number of carbonyl (C=O) groups excluding carboxylic acids is 3. The van der Waals surface area contributed by atoms with Gasteiger partial charge in [0.05, 0.1) is 25.7 Å². The van der Waals surface area contributed by atoms with Crippen LogP contribution in [0.3, 0.4) is 0 Å². The molecule has 11 heteroatoms. The Balaban J connectivity index is 1.60. The molecule has 214 valence electrons. The largest absolute Gasteiger partial charge is 0.493 e. The molecule has 1 aromatic rings. The summed E-state index contributed by atoms with van der Waals surface area (Å²) in [6.07, 6.45) is 2.75. The monoisotopic (exact) mass is 544 g/mol. The Kier molecular flexibility index (Phi) is 9.45. The molecule has 2 saturated heterocycles. The lowest BCUT2D eigenvalue weighted by Gasteiger charge is -2.34. The number of imide groups is 1. The van der Waals surface area contributed by atoms with Crippen molar-refractivity contribution >= 4 is 23.8 Å². The molecule has 1 unspecified atom stereocenters. The number of carboxylic acids is 1. The van der Waals surface area contributed by atoms with Crippen molar-refractivity contribution in [1.82, 2.24) is 19.8 Å². The van der Waals surface area contributed by atoms with Gasteiger partial charge in [0.25, 0.3) is 5.91 Å². The van der Waals surface area contributed by atoms with Crippen LogP contribution in [0.1, 0.15) is 56.6 Å². The Morgan fingerprint density at radius 1 is 1.18 bits per heavy atom. The van der Waals surface area contributed by atoms with E-state index >= 15 is 0 Å². The average Bonchev–Trinajstić information content (AvgIpc) is 3.53. The molecule has 11 nitrogen and oxygen atoms in total. The lowest BCUT2D eigenvalue weighted by atomic mass is 9.83. The van der Waals surface area contributed by atoms with Crippen molar-refractivity contribution in [3.8, 4) is 5.75 Å². The van der Waals surface area contributed by atoms with Crippen molar-refractivity contribution in [2.24, 2.45) is 5.92 Å². The number of fused-ring (bicyclic) bond motifs is 1. The van der Waals surface area contributed by atoms with E-state index in [0.29, 0.717) is 32.8 Å². The Morgan fingerprint density at radius 3 is 2.69 bits per heavy atom. The number of amides is 4. The van der Waals surface area contributed by atoms with E-state index in [-0.39, 0.29) is 49.7 Å². The first-order valence-electron chi connectivity index (χ1n) is 14.0. The van der Waals surface area contributed by atoms with Gasteiger partial charge in [-0.15, -0.1) is 0 Å². The highest BCUT2D eigenvalue weighted by atomic mass is 16.7. The normalized spacial score (nSPS) is 23.2. The van der Waals surface area contributed by atoms with E-state index in [4.69, 9.17) is 9.57 Å². The number of ether oxygens (including phenoxy) is 1. The summed E-state index contributed by atoms with van der Waals surface area (Å²) in [7, 11) is 1.65. The number of carbonyl (C=O) groups is 4. The molecule has 3 aliphatic rings. The SMILES string of the molecule is CCCON(CCC)C(=O)CN1C[C@H](c2ccc3c(c2)CCO3)C(C(=O)O)[C@@H]1CCN1C(=O)CCN(C)C1=O. The van der Waals surface area contributed by atoms with E-state index < -0.39 is 17.9 Å². The molecule has 0 saturated carbocycles. The highest BCUT2D eigenvalue weighted by Crippen LogP contribution is 2.41. The van der Waals surface area contributed by atoms with Crippen LogP contribution in [0.5, 0.6) is 5.75 Å². The zero-order valence-electron chi connectivity index (χ0n) is 23.1. The standard InChI is InChI=1S/C28H40N4O7/c1-4-11-32(39-14-5-2)25(34)18-30-17-21(19-6-7-23-20(16-19)10-15-38-23)26(27(35)36)22(30)8-13-31-24(33)9-12-29(3)28(31)37/h6-7,16,21-22,26H,4-5,8-15,17-18H2,1-3H3,(H,35,36)/t21-,22+,26?/m1/s1. The lowest BCUT2D eigenvalue weighted by Crippen LogP contribution is -2.52. The third-order valence-electron chi connectivity index (χ3n) is 7.84. The minimum Gasteiger partial charge on any atom is -0.493 e. The molecule has 2 fully saturated rings. The van der Waals surface area contributed by atoms with Crippen molar-refractivity contribution in [3.63, 3.8) is 0 Å². The van der Waals surface area contributed by atoms with Crippen molar-refractivity contribution < 1.29 is 33.9 Å². The number of hydroxylamine groups is 2. The van der Waals surface area contributed by atoms with Crippen molar-refractivity contribution in [2.75, 3.05) is 53.0 Å². The first-order valence-corrected chi connectivity index (χ1v) is 14.0. The maximum absolute atomic E-state index is 13.3. The topological polar surface area (TPSA) is 120 Å². The van der Waals surface area contributed by atoms with E-state index in [1.807, 2.05) is 36.9 Å². The van der Waals surface area contributed by atoms with Gasteiger partial charge in [0.15, 0.2) is 0 Å². The summed E-state index contributed by atoms with van der Waals surface area (Å²) in [6.45, 7) is 6.21. The van der Waals surface area contributed by atoms with Gasteiger partial charge in [-0.3, -0.25) is 29.0 Å². The Bertz CT molecular complexity index is 1080. The van der Waals surface area contributed by atoms with Crippen LogP contribution in [0.15, 0.2) is 18.2 Å². The molecule has 3 atom stereocenters. The molecule has 0 aromatic heterocycles. The van der Waals surface area contributed by atoms with Crippen molar-refractivity contribution in [3.05, 3.63) is 29.3 Å². The molecule has 1 N–H and O–H groups in total. The van der Waals surface area contributed by atoms with E-state index in [0.717, 1.165) is 36.1 Å². The predicted octanol–water partition coefficient (Wildman–Crippen LogP) is 2.34. The van der Waals surface area contributed by atoms with E-state index in [9.17, 15) is 24.3 Å². The fourth-order valence-electron chi connectivity index (χ4n) is 5.83. The number of aliphatic carboxylic acids is 1. The first-order chi connectivity index (χ1) is 18.7. The molecule has 3 heterocycles. The molecule has 3 aliphatic heterocycles. The molecule has 4 amide bonds. The average molecular weight is 545 g/mol. The van der Waals surface area contributed by atoms with Gasteiger partial charge >= 0.3 is 12.0 Å². The van der Waals surface area contributed by atoms with E-state index in [1.165, 1.54) is 14.9 Å². The molecule has 0 radical (unpaired) electrons. The number of benzene rings is 1. The van der Waals surface area contributed by atoms with Crippen LogP contribution in [0.25, 0.3) is 0 Å². The summed E-state index contributed by atoms with van der Waals surface area (Å²) < 4.78 is 5.64. The van der Waals surface area contributed by atoms with Gasteiger partial charge in [0.2, 0.25) is 5.91 Å². The van der Waals surface area contributed by atoms with Crippen LogP contribution >= 0.6 is 0 Å². The van der Waals surface area contributed by atoms with Crippen molar-refractivity contribution in [1.29, 1.82) is 0 Å².